The Morgan fingerprint density at radius 2 is 1.61 bits per heavy atom. The van der Waals surface area contributed by atoms with Crippen molar-refractivity contribution in [2.45, 2.75) is 65.5 Å². The standard InChI is InChI=1S/C34H34F3N/c1-21(2)28-18-26(17-24-9-7-8-10-27(24)28)31-30-25(15-16-38-31)19-29(33(30,5)6)23-13-11-22(12-14-23)20-32(3,4)34(35,36)37/h7-19,21H,20H2,1-6H3/i19D. The molecule has 0 fully saturated rings. The number of aromatic nitrogens is 1. The highest BCUT2D eigenvalue weighted by molar-refractivity contribution is 5.98. The number of hydrogen-bond donors (Lipinski definition) is 0. The molecule has 4 aromatic rings. The van der Waals surface area contributed by atoms with Crippen LogP contribution in [0.5, 0.6) is 0 Å². The Bertz CT molecular complexity index is 1590. The minimum atomic E-state index is -4.28. The first-order valence-electron chi connectivity index (χ1n) is 13.6. The van der Waals surface area contributed by atoms with Crippen molar-refractivity contribution in [2.75, 3.05) is 0 Å². The van der Waals surface area contributed by atoms with Gasteiger partial charge in [-0.3, -0.25) is 4.98 Å². The van der Waals surface area contributed by atoms with Crippen LogP contribution in [0.1, 0.15) is 76.6 Å². The maximum atomic E-state index is 13.4. The van der Waals surface area contributed by atoms with E-state index in [-0.39, 0.29) is 6.42 Å². The predicted molar refractivity (Wildman–Crippen MR) is 152 cm³/mol. The van der Waals surface area contributed by atoms with E-state index in [1.807, 2.05) is 24.3 Å². The van der Waals surface area contributed by atoms with E-state index in [0.717, 1.165) is 38.9 Å². The average molecular weight is 515 g/mol. The van der Waals surface area contributed by atoms with Gasteiger partial charge >= 0.3 is 6.18 Å². The van der Waals surface area contributed by atoms with Crippen molar-refractivity contribution >= 4 is 22.4 Å². The lowest BCUT2D eigenvalue weighted by atomic mass is 9.76. The van der Waals surface area contributed by atoms with Crippen LogP contribution in [0, 0.1) is 5.41 Å². The van der Waals surface area contributed by atoms with Gasteiger partial charge in [0, 0.05) is 17.2 Å². The van der Waals surface area contributed by atoms with E-state index in [1.54, 1.807) is 18.3 Å². The molecule has 1 aromatic heterocycles. The summed E-state index contributed by atoms with van der Waals surface area (Å²) < 4.78 is 49.5. The molecule has 0 aliphatic heterocycles. The summed E-state index contributed by atoms with van der Waals surface area (Å²) in [5.41, 5.74) is 5.02. The Labute approximate surface area is 224 Å². The molecule has 0 N–H and O–H groups in total. The first-order chi connectivity index (χ1) is 18.2. The van der Waals surface area contributed by atoms with Crippen LogP contribution in [-0.2, 0) is 11.8 Å². The molecule has 5 rings (SSSR count). The second kappa shape index (κ2) is 9.11. The third-order valence-corrected chi connectivity index (χ3v) is 7.91. The number of pyridine rings is 1. The highest BCUT2D eigenvalue weighted by Gasteiger charge is 2.47. The summed E-state index contributed by atoms with van der Waals surface area (Å²) in [7, 11) is 0. The lowest BCUT2D eigenvalue weighted by molar-refractivity contribution is -0.211. The fourth-order valence-corrected chi connectivity index (χ4v) is 5.62. The zero-order chi connectivity index (χ0) is 28.3. The van der Waals surface area contributed by atoms with Gasteiger partial charge in [0.2, 0.25) is 0 Å². The van der Waals surface area contributed by atoms with E-state index in [0.29, 0.717) is 17.5 Å². The first-order valence-corrected chi connectivity index (χ1v) is 13.1. The van der Waals surface area contributed by atoms with Crippen molar-refractivity contribution in [3.63, 3.8) is 0 Å². The van der Waals surface area contributed by atoms with Gasteiger partial charge in [0.1, 0.15) is 0 Å². The van der Waals surface area contributed by atoms with E-state index >= 15 is 0 Å². The molecule has 0 atom stereocenters. The van der Waals surface area contributed by atoms with Gasteiger partial charge in [-0.25, -0.2) is 0 Å². The topological polar surface area (TPSA) is 12.9 Å². The fraction of sp³-hybridized carbons (Fsp3) is 0.324. The van der Waals surface area contributed by atoms with Gasteiger partial charge in [0.25, 0.3) is 0 Å². The molecule has 196 valence electrons. The third-order valence-electron chi connectivity index (χ3n) is 7.91. The number of rotatable bonds is 5. The molecule has 0 radical (unpaired) electrons. The van der Waals surface area contributed by atoms with Crippen LogP contribution in [-0.4, -0.2) is 11.2 Å². The maximum absolute atomic E-state index is 13.4. The summed E-state index contributed by atoms with van der Waals surface area (Å²) in [6.45, 7) is 11.1. The largest absolute Gasteiger partial charge is 0.394 e. The molecule has 0 amide bonds. The molecule has 4 heteroatoms. The van der Waals surface area contributed by atoms with Gasteiger partial charge in [-0.2, -0.15) is 13.2 Å². The Morgan fingerprint density at radius 3 is 2.26 bits per heavy atom. The van der Waals surface area contributed by atoms with Crippen molar-refractivity contribution < 1.29 is 14.5 Å². The van der Waals surface area contributed by atoms with Gasteiger partial charge in [0.05, 0.1) is 12.5 Å². The van der Waals surface area contributed by atoms with Crippen LogP contribution in [0.4, 0.5) is 13.2 Å². The fourth-order valence-electron chi connectivity index (χ4n) is 5.62. The molecule has 1 aliphatic rings. The van der Waals surface area contributed by atoms with Crippen LogP contribution in [0.15, 0.2) is 72.9 Å². The van der Waals surface area contributed by atoms with Crippen LogP contribution in [0.25, 0.3) is 33.7 Å². The molecule has 0 saturated carbocycles. The van der Waals surface area contributed by atoms with Gasteiger partial charge in [0.15, 0.2) is 0 Å². The normalized spacial score (nSPS) is 15.8. The van der Waals surface area contributed by atoms with E-state index in [1.165, 1.54) is 24.8 Å². The van der Waals surface area contributed by atoms with E-state index < -0.39 is 17.0 Å². The zero-order valence-corrected chi connectivity index (χ0v) is 22.8. The molecule has 3 aromatic carbocycles. The quantitative estimate of drug-likeness (QED) is 0.258. The predicted octanol–water partition coefficient (Wildman–Crippen LogP) is 9.99. The highest BCUT2D eigenvalue weighted by Crippen LogP contribution is 2.50. The van der Waals surface area contributed by atoms with Gasteiger partial charge in [-0.1, -0.05) is 90.1 Å². The first kappa shape index (κ1) is 24.9. The monoisotopic (exact) mass is 514 g/mol. The average Bonchev–Trinajstić information content (AvgIpc) is 3.08. The Morgan fingerprint density at radius 1 is 0.921 bits per heavy atom. The second-order valence-corrected chi connectivity index (χ2v) is 11.9. The number of fused-ring (bicyclic) bond motifs is 2. The van der Waals surface area contributed by atoms with Gasteiger partial charge in [-0.05, 0) is 80.8 Å². The SMILES string of the molecule is [2H]C1=C(c2ccc(CC(C)(C)C(F)(F)F)cc2)C(C)(C)c2c1ccnc2-c1cc(C(C)C)c2ccccc2c1. The minimum Gasteiger partial charge on any atom is -0.256 e. The third kappa shape index (κ3) is 4.44. The van der Waals surface area contributed by atoms with Crippen molar-refractivity contribution in [1.82, 2.24) is 4.98 Å². The molecule has 1 aliphatic carbocycles. The van der Waals surface area contributed by atoms with Crippen molar-refractivity contribution in [1.29, 1.82) is 0 Å². The zero-order valence-electron chi connectivity index (χ0n) is 23.8. The summed E-state index contributed by atoms with van der Waals surface area (Å²) in [4.78, 5) is 4.85. The second-order valence-electron chi connectivity index (χ2n) is 11.9. The Kier molecular flexibility index (Phi) is 5.97. The number of nitrogens with zero attached hydrogens (tertiary/aromatic N) is 1. The van der Waals surface area contributed by atoms with Crippen molar-refractivity contribution in [2.24, 2.45) is 5.41 Å². The lowest BCUT2D eigenvalue weighted by Gasteiger charge is -2.29. The molecule has 0 unspecified atom stereocenters. The Balaban J connectivity index is 1.58. The van der Waals surface area contributed by atoms with Crippen molar-refractivity contribution in [3.8, 4) is 11.3 Å². The smallest absolute Gasteiger partial charge is 0.256 e. The van der Waals surface area contributed by atoms with E-state index in [9.17, 15) is 13.2 Å². The molecule has 0 bridgehead atoms. The summed E-state index contributed by atoms with van der Waals surface area (Å²) in [6.07, 6.45) is -2.60. The molecule has 1 nitrogen and oxygen atoms in total. The summed E-state index contributed by atoms with van der Waals surface area (Å²) >= 11 is 0. The summed E-state index contributed by atoms with van der Waals surface area (Å²) in [5, 5.41) is 2.39. The maximum Gasteiger partial charge on any atom is 0.394 e. The number of halogens is 3. The number of benzene rings is 3. The molecule has 38 heavy (non-hydrogen) atoms. The molecule has 0 saturated heterocycles. The van der Waals surface area contributed by atoms with Crippen LogP contribution in [0.3, 0.4) is 0 Å². The molecular formula is C34H34F3N. The van der Waals surface area contributed by atoms with Gasteiger partial charge < -0.3 is 0 Å². The van der Waals surface area contributed by atoms with E-state index in [4.69, 9.17) is 6.35 Å². The van der Waals surface area contributed by atoms with Gasteiger partial charge in [-0.15, -0.1) is 0 Å². The minimum absolute atomic E-state index is 0.0958. The van der Waals surface area contributed by atoms with Crippen LogP contribution >= 0.6 is 0 Å². The van der Waals surface area contributed by atoms with E-state index in [2.05, 4.69) is 58.0 Å². The number of allylic oxidation sites excluding steroid dienone is 1. The molecule has 1 heterocycles. The number of hydrogen-bond acceptors (Lipinski definition) is 1. The lowest BCUT2D eigenvalue weighted by Crippen LogP contribution is -2.34. The molecular weight excluding hydrogens is 479 g/mol. The van der Waals surface area contributed by atoms with Crippen LogP contribution < -0.4 is 0 Å². The molecule has 0 spiro atoms. The van der Waals surface area contributed by atoms with Crippen molar-refractivity contribution in [3.05, 3.63) is 101 Å². The van der Waals surface area contributed by atoms with Crippen LogP contribution in [0.2, 0.25) is 0 Å². The number of alkyl halides is 3. The Hall–Kier alpha value is -3.40. The summed E-state index contributed by atoms with van der Waals surface area (Å²) in [5.74, 6) is 0.334. The highest BCUT2D eigenvalue weighted by atomic mass is 19.4. The summed E-state index contributed by atoms with van der Waals surface area (Å²) in [6, 6.07) is 22.4.